The Bertz CT molecular complexity index is 6450. The number of aromatic amines is 6. The van der Waals surface area contributed by atoms with Crippen molar-refractivity contribution < 1.29 is 90.0 Å². The van der Waals surface area contributed by atoms with Crippen LogP contribution in [0.2, 0.25) is 0 Å². The fourth-order valence-electron chi connectivity index (χ4n) is 18.9. The first-order valence-electron chi connectivity index (χ1n) is 44.0. The number of fused-ring (bicyclic) bond motifs is 24. The summed E-state index contributed by atoms with van der Waals surface area (Å²) in [4.78, 5) is 119. The second-order valence-corrected chi connectivity index (χ2v) is 34.9. The van der Waals surface area contributed by atoms with Gasteiger partial charge in [0.25, 0.3) is 0 Å². The number of H-pyrrole nitrogens is 6. The Hall–Kier alpha value is -12.6. The van der Waals surface area contributed by atoms with Gasteiger partial charge in [0.15, 0.2) is 0 Å². The first kappa shape index (κ1) is 102. The van der Waals surface area contributed by atoms with Crippen molar-refractivity contribution in [1.29, 1.82) is 0 Å². The summed E-state index contributed by atoms with van der Waals surface area (Å²) in [6, 6.07) is 22.2. The van der Waals surface area contributed by atoms with E-state index in [-0.39, 0.29) is 112 Å². The number of carbonyl (C=O) groups excluding carboxylic acids is 6. The molecule has 15 rings (SSSR count). The molecule has 0 aliphatic carbocycles. The predicted molar refractivity (Wildman–Crippen MR) is 507 cm³/mol. The van der Waals surface area contributed by atoms with Crippen molar-refractivity contribution in [2.24, 2.45) is 0 Å². The second kappa shape index (κ2) is 41.5. The Kier molecular flexibility index (Phi) is 31.6. The number of nitrogens with one attached hydrogen (secondary N) is 6. The number of nitrogens with zero attached hydrogens (tertiary/aromatic N) is 6. The minimum Gasteiger partial charge on any atom is -0.550 e. The monoisotopic (exact) mass is 1840 g/mol. The van der Waals surface area contributed by atoms with Gasteiger partial charge in [-0.2, -0.15) is 0 Å². The molecule has 0 aromatic carbocycles. The van der Waals surface area contributed by atoms with E-state index in [0.717, 1.165) is 150 Å². The summed E-state index contributed by atoms with van der Waals surface area (Å²) < 4.78 is 0. The zero-order valence-electron chi connectivity index (χ0n) is 78.3. The van der Waals surface area contributed by atoms with Gasteiger partial charge in [0, 0.05) is 135 Å². The average Bonchev–Trinajstić information content (AvgIpc) is 1.62. The molecular formula is C102H108Al2N12O18. The summed E-state index contributed by atoms with van der Waals surface area (Å²) in [5, 5.41) is 133. The van der Waals surface area contributed by atoms with Gasteiger partial charge in [-0.15, -0.1) is 0 Å². The van der Waals surface area contributed by atoms with E-state index in [1.54, 1.807) is 59.7 Å². The number of carboxylic acid groups (broad SMARTS) is 6. The van der Waals surface area contributed by atoms with E-state index < -0.39 is 72.4 Å². The normalized spacial score (nSPS) is 14.5. The van der Waals surface area contributed by atoms with Gasteiger partial charge in [0.2, 0.25) is 0 Å². The maximum atomic E-state index is 11.4. The first-order chi connectivity index (χ1) is 62.3. The number of hydrogen-bond donors (Lipinski definition) is 12. The molecule has 9 aromatic rings. The Balaban J connectivity index is 0.000000192. The van der Waals surface area contributed by atoms with Gasteiger partial charge in [-0.05, 0) is 375 Å². The van der Waals surface area contributed by atoms with Crippen molar-refractivity contribution in [3.05, 3.63) is 208 Å². The van der Waals surface area contributed by atoms with Crippen LogP contribution in [0.25, 0.3) is 133 Å². The number of aliphatic hydroxyl groups excluding tert-OH is 6. The molecule has 134 heavy (non-hydrogen) atoms. The molecule has 690 valence electrons. The fraction of sp³-hybridized carbons (Fsp3) is 0.353. The van der Waals surface area contributed by atoms with Gasteiger partial charge in [-0.25, -0.2) is 29.9 Å². The number of rotatable bonds is 24. The third kappa shape index (κ3) is 21.2. The molecule has 9 aromatic heterocycles. The van der Waals surface area contributed by atoms with Crippen LogP contribution in [0, 0.1) is 41.5 Å². The van der Waals surface area contributed by atoms with Gasteiger partial charge in [-0.1, -0.05) is 0 Å². The number of carbonyl (C=O) groups is 6. The summed E-state index contributed by atoms with van der Waals surface area (Å²) in [5.74, 6) is -7.06. The zero-order valence-corrected chi connectivity index (χ0v) is 80.6. The predicted octanol–water partition coefficient (Wildman–Crippen LogP) is 11.1. The molecule has 30 nitrogen and oxygen atoms in total. The van der Waals surface area contributed by atoms with Gasteiger partial charge in [0.05, 0.1) is 105 Å². The molecule has 15 heterocycles. The van der Waals surface area contributed by atoms with Gasteiger partial charge in [0.1, 0.15) is 0 Å². The first-order valence-corrected chi connectivity index (χ1v) is 44.0. The van der Waals surface area contributed by atoms with Crippen molar-refractivity contribution in [1.82, 2.24) is 59.8 Å². The molecule has 6 atom stereocenters. The third-order valence-corrected chi connectivity index (χ3v) is 25.9. The number of hydrogen-bond acceptors (Lipinski definition) is 24. The SMILES string of the molecule is CC1=C(CCC(=O)[O-])c2cc3nc(cc4[nH]c(cc5[nH]c(cc1n2)c(C)c5C(C)O)c(C)c4C(C)O)C(C)=C3CCC(=O)[O-].CC1=C(CCC(=O)[O-])c2cc3nc(cc4[nH]c(cc5[nH]c(cc1n2)c(C)c5C(C)O)c(C)c4C(C)O)C(C)=C3CCC(=O)[O-].CC1=C(CCC(=O)[O-])c2cc3nc(cc4[nH]c(cc5[nH]c(cc1n2)c(C)c5C(C)O)c(C)c4C(C)O)C(C)=C3CCC(=O)[O-].[Al+3].[Al+3]. The zero-order chi connectivity index (χ0) is 96.1. The molecule has 0 radical (unpaired) electrons. The largest absolute Gasteiger partial charge is 3.00 e. The standard InChI is InChI=1S/3C34H38N4O6.2Al/c3*1-15-21(7-9-31(41)42)27-14-28-22(8-10-32(43)44)16(2)24(36-28)12-29-34(20(6)40)18(4)26(38-29)13-30-33(19(5)39)17(3)25(37-30)11-23(15)35-27;;/h3*11-14,19-20,37-40H,7-10H2,1-6H3,(H,41,42)(H,43,44);;/q;;;2*+3/p-6. The Morgan fingerprint density at radius 1 is 0.224 bits per heavy atom. The fourth-order valence-corrected chi connectivity index (χ4v) is 18.9. The number of aromatic nitrogens is 12. The molecule has 32 heteroatoms. The molecule has 6 aliphatic rings. The number of allylic oxidation sites excluding steroid dienone is 12. The van der Waals surface area contributed by atoms with Crippen LogP contribution in [-0.4, -0.2) is 161 Å². The summed E-state index contributed by atoms with van der Waals surface area (Å²) in [6.07, 6.45) is -4.76. The molecule has 6 unspecified atom stereocenters. The van der Waals surface area contributed by atoms with Crippen molar-refractivity contribution in [3.8, 4) is 0 Å². The number of aryl methyl sites for hydroxylation is 6. The molecule has 0 amide bonds. The van der Waals surface area contributed by atoms with Crippen LogP contribution in [0.15, 0.2) is 72.8 Å². The van der Waals surface area contributed by atoms with Crippen LogP contribution in [0.3, 0.4) is 0 Å². The van der Waals surface area contributed by atoms with Crippen molar-refractivity contribution in [3.63, 3.8) is 0 Å². The molecule has 0 saturated carbocycles. The van der Waals surface area contributed by atoms with E-state index in [9.17, 15) is 90.0 Å². The quantitative estimate of drug-likeness (QED) is 0.0250. The van der Waals surface area contributed by atoms with Gasteiger partial charge >= 0.3 is 34.7 Å². The van der Waals surface area contributed by atoms with Crippen LogP contribution >= 0.6 is 0 Å². The van der Waals surface area contributed by atoms with Gasteiger partial charge in [-0.3, -0.25) is 0 Å². The smallest absolute Gasteiger partial charge is 0.550 e. The topological polar surface area (TPSA) is 534 Å². The van der Waals surface area contributed by atoms with Crippen LogP contribution in [0.1, 0.15) is 332 Å². The molecule has 6 aliphatic heterocycles. The Morgan fingerprint density at radius 3 is 0.485 bits per heavy atom. The number of aliphatic hydroxyl groups is 6. The van der Waals surface area contributed by atoms with E-state index in [0.29, 0.717) is 118 Å². The van der Waals surface area contributed by atoms with Crippen molar-refractivity contribution in [2.45, 2.75) is 238 Å². The third-order valence-electron chi connectivity index (χ3n) is 25.9. The summed E-state index contributed by atoms with van der Waals surface area (Å²) in [6.45, 7) is 33.0. The molecule has 0 saturated heterocycles. The van der Waals surface area contributed by atoms with Crippen LogP contribution in [-0.2, 0) is 28.8 Å². The summed E-state index contributed by atoms with van der Waals surface area (Å²) in [7, 11) is 0. The maximum Gasteiger partial charge on any atom is 3.00 e. The second-order valence-electron chi connectivity index (χ2n) is 34.9. The maximum absolute atomic E-state index is 11.4. The minimum absolute atomic E-state index is 0. The van der Waals surface area contributed by atoms with E-state index in [2.05, 4.69) is 29.9 Å². The number of aliphatic carboxylic acids is 6. The average molecular weight is 1840 g/mol. The van der Waals surface area contributed by atoms with Gasteiger partial charge < -0.3 is 120 Å². The summed E-state index contributed by atoms with van der Waals surface area (Å²) >= 11 is 0. The van der Waals surface area contributed by atoms with E-state index >= 15 is 0 Å². The van der Waals surface area contributed by atoms with E-state index in [1.807, 2.05) is 138 Å². The Morgan fingerprint density at radius 2 is 0.351 bits per heavy atom. The Labute approximate surface area is 794 Å². The van der Waals surface area contributed by atoms with E-state index in [4.69, 9.17) is 29.9 Å². The van der Waals surface area contributed by atoms with Crippen molar-refractivity contribution >= 4 is 204 Å². The van der Waals surface area contributed by atoms with Crippen LogP contribution in [0.5, 0.6) is 0 Å². The molecule has 0 fully saturated rings. The van der Waals surface area contributed by atoms with Crippen LogP contribution in [0.4, 0.5) is 0 Å². The number of carboxylic acids is 6. The van der Waals surface area contributed by atoms with Crippen molar-refractivity contribution in [2.75, 3.05) is 0 Å². The molecule has 12 N–H and O–H groups in total. The van der Waals surface area contributed by atoms with E-state index in [1.165, 1.54) is 0 Å². The molecule has 0 spiro atoms. The minimum atomic E-state index is -1.18. The molecule has 24 bridgehead atoms. The molecular weight excluding hydrogens is 1740 g/mol. The van der Waals surface area contributed by atoms with Crippen LogP contribution < -0.4 is 30.6 Å². The summed E-state index contributed by atoms with van der Waals surface area (Å²) in [5.41, 5.74) is 33.8.